The van der Waals surface area contributed by atoms with Crippen LogP contribution in [0.1, 0.15) is 22.0 Å². The Morgan fingerprint density at radius 2 is 1.91 bits per heavy atom. The van der Waals surface area contributed by atoms with Gasteiger partial charge in [0.05, 0.1) is 11.6 Å². The number of carbonyl (C=O) groups is 1. The third-order valence-electron chi connectivity index (χ3n) is 4.22. The van der Waals surface area contributed by atoms with Crippen LogP contribution in [0, 0.1) is 0 Å². The molecule has 1 N–H and O–H groups in total. The first-order valence-electron chi connectivity index (χ1n) is 7.59. The smallest absolute Gasteiger partial charge is 0.258 e. The topological polar surface area (TPSA) is 43.8 Å². The molecule has 1 fully saturated rings. The average Bonchev–Trinajstić information content (AvgIpc) is 2.57. The molecule has 2 aromatic rings. The second-order valence-electron chi connectivity index (χ2n) is 5.85. The number of halogens is 1. The summed E-state index contributed by atoms with van der Waals surface area (Å²) in [6, 6.07) is 15.0. The number of nitrogens with zero attached hydrogens (tertiary/aromatic N) is 2. The van der Waals surface area contributed by atoms with Crippen LogP contribution >= 0.6 is 15.9 Å². The summed E-state index contributed by atoms with van der Waals surface area (Å²) in [5, 5.41) is 10.1. The summed E-state index contributed by atoms with van der Waals surface area (Å²) in [5.41, 5.74) is 1.45. The van der Waals surface area contributed by atoms with Gasteiger partial charge in [-0.2, -0.15) is 0 Å². The quantitative estimate of drug-likeness (QED) is 0.876. The van der Waals surface area contributed by atoms with Crippen molar-refractivity contribution < 1.29 is 9.90 Å². The monoisotopic (exact) mass is 374 g/mol. The molecule has 1 heterocycles. The summed E-state index contributed by atoms with van der Waals surface area (Å²) in [7, 11) is 2.06. The van der Waals surface area contributed by atoms with Gasteiger partial charge in [-0.15, -0.1) is 0 Å². The standard InChI is InChI=1S/C18H19BrN2O2/c1-20-9-10-21(16(12-20)13-5-3-2-4-6-13)18(23)15-11-14(19)7-8-17(15)22/h2-8,11,16,22H,9-10,12H2,1H3. The number of hydrogen-bond donors (Lipinski definition) is 1. The van der Waals surface area contributed by atoms with E-state index in [1.807, 2.05) is 35.2 Å². The van der Waals surface area contributed by atoms with Crippen LogP contribution in [0.2, 0.25) is 0 Å². The number of phenolic OH excluding ortho intramolecular Hbond substituents is 1. The molecule has 1 unspecified atom stereocenters. The van der Waals surface area contributed by atoms with Gasteiger partial charge in [0.25, 0.3) is 5.91 Å². The van der Waals surface area contributed by atoms with E-state index in [1.54, 1.807) is 18.2 Å². The summed E-state index contributed by atoms with van der Waals surface area (Å²) < 4.78 is 0.782. The van der Waals surface area contributed by atoms with Crippen LogP contribution in [0.5, 0.6) is 5.75 Å². The third kappa shape index (κ3) is 3.41. The molecule has 1 aliphatic heterocycles. The van der Waals surface area contributed by atoms with Crippen molar-refractivity contribution >= 4 is 21.8 Å². The zero-order valence-electron chi connectivity index (χ0n) is 12.9. The molecule has 23 heavy (non-hydrogen) atoms. The second-order valence-corrected chi connectivity index (χ2v) is 6.76. The van der Waals surface area contributed by atoms with Crippen LogP contribution in [-0.4, -0.2) is 47.5 Å². The van der Waals surface area contributed by atoms with Crippen LogP contribution in [0.3, 0.4) is 0 Å². The molecule has 1 saturated heterocycles. The first-order chi connectivity index (χ1) is 11.1. The Bertz CT molecular complexity index is 705. The van der Waals surface area contributed by atoms with E-state index >= 15 is 0 Å². The summed E-state index contributed by atoms with van der Waals surface area (Å²) in [4.78, 5) is 17.1. The van der Waals surface area contributed by atoms with Gasteiger partial charge < -0.3 is 14.9 Å². The van der Waals surface area contributed by atoms with Gasteiger partial charge in [-0.1, -0.05) is 46.3 Å². The minimum Gasteiger partial charge on any atom is -0.507 e. The van der Waals surface area contributed by atoms with Crippen molar-refractivity contribution in [1.82, 2.24) is 9.80 Å². The van der Waals surface area contributed by atoms with Gasteiger partial charge in [0.1, 0.15) is 5.75 Å². The van der Waals surface area contributed by atoms with E-state index in [-0.39, 0.29) is 17.7 Å². The van der Waals surface area contributed by atoms with Gasteiger partial charge in [-0.3, -0.25) is 4.79 Å². The van der Waals surface area contributed by atoms with Crippen LogP contribution < -0.4 is 0 Å². The molecular formula is C18H19BrN2O2. The number of benzene rings is 2. The SMILES string of the molecule is CN1CCN(C(=O)c2cc(Br)ccc2O)C(c2ccccc2)C1. The molecule has 0 bridgehead atoms. The van der Waals surface area contributed by atoms with Crippen LogP contribution in [0.15, 0.2) is 53.0 Å². The molecule has 3 rings (SSSR count). The minimum absolute atomic E-state index is 0.0131. The highest BCUT2D eigenvalue weighted by atomic mass is 79.9. The van der Waals surface area contributed by atoms with Crippen molar-refractivity contribution in [3.63, 3.8) is 0 Å². The highest BCUT2D eigenvalue weighted by Crippen LogP contribution is 2.30. The van der Waals surface area contributed by atoms with Gasteiger partial charge in [0.15, 0.2) is 0 Å². The van der Waals surface area contributed by atoms with Gasteiger partial charge in [-0.25, -0.2) is 0 Å². The average molecular weight is 375 g/mol. The van der Waals surface area contributed by atoms with Gasteiger partial charge in [0.2, 0.25) is 0 Å². The lowest BCUT2D eigenvalue weighted by atomic mass is 10.0. The molecule has 2 aromatic carbocycles. The Kier molecular flexibility index (Phi) is 4.68. The largest absolute Gasteiger partial charge is 0.507 e. The summed E-state index contributed by atoms with van der Waals surface area (Å²) in [6.45, 7) is 2.25. The molecule has 5 heteroatoms. The van der Waals surface area contributed by atoms with E-state index in [0.717, 1.165) is 23.1 Å². The predicted octanol–water partition coefficient (Wildman–Crippen LogP) is 3.28. The molecule has 1 atom stereocenters. The fourth-order valence-electron chi connectivity index (χ4n) is 2.96. The molecule has 0 radical (unpaired) electrons. The first kappa shape index (κ1) is 16.0. The number of phenols is 1. The number of carbonyl (C=O) groups excluding carboxylic acids is 1. The van der Waals surface area contributed by atoms with Gasteiger partial charge >= 0.3 is 0 Å². The van der Waals surface area contributed by atoms with Crippen LogP contribution in [0.4, 0.5) is 0 Å². The lowest BCUT2D eigenvalue weighted by molar-refractivity contribution is 0.0495. The lowest BCUT2D eigenvalue weighted by Gasteiger charge is -2.40. The van der Waals surface area contributed by atoms with Crippen molar-refractivity contribution in [2.45, 2.75) is 6.04 Å². The molecule has 1 amide bonds. The zero-order valence-corrected chi connectivity index (χ0v) is 14.5. The molecule has 120 valence electrons. The summed E-state index contributed by atoms with van der Waals surface area (Å²) in [6.07, 6.45) is 0. The number of hydrogen-bond acceptors (Lipinski definition) is 3. The lowest BCUT2D eigenvalue weighted by Crippen LogP contribution is -2.49. The Balaban J connectivity index is 1.95. The van der Waals surface area contributed by atoms with E-state index in [0.29, 0.717) is 12.1 Å². The molecule has 0 spiro atoms. The van der Waals surface area contributed by atoms with Crippen molar-refractivity contribution in [2.24, 2.45) is 0 Å². The van der Waals surface area contributed by atoms with Crippen molar-refractivity contribution in [3.8, 4) is 5.75 Å². The predicted molar refractivity (Wildman–Crippen MR) is 93.5 cm³/mol. The number of rotatable bonds is 2. The Labute approximate surface area is 144 Å². The maximum Gasteiger partial charge on any atom is 0.258 e. The van der Waals surface area contributed by atoms with E-state index in [4.69, 9.17) is 0 Å². The highest BCUT2D eigenvalue weighted by molar-refractivity contribution is 9.10. The summed E-state index contributed by atoms with van der Waals surface area (Å²) in [5.74, 6) is -0.116. The van der Waals surface area contributed by atoms with Crippen LogP contribution in [0.25, 0.3) is 0 Å². The third-order valence-corrected chi connectivity index (χ3v) is 4.71. The molecular weight excluding hydrogens is 356 g/mol. The minimum atomic E-state index is -0.134. The molecule has 0 aliphatic carbocycles. The van der Waals surface area contributed by atoms with Crippen molar-refractivity contribution in [3.05, 3.63) is 64.1 Å². The van der Waals surface area contributed by atoms with Crippen molar-refractivity contribution in [1.29, 1.82) is 0 Å². The zero-order chi connectivity index (χ0) is 16.4. The fourth-order valence-corrected chi connectivity index (χ4v) is 3.32. The Morgan fingerprint density at radius 1 is 1.17 bits per heavy atom. The molecule has 1 aliphatic rings. The van der Waals surface area contributed by atoms with Gasteiger partial charge in [-0.05, 0) is 30.8 Å². The van der Waals surface area contributed by atoms with Crippen molar-refractivity contribution in [2.75, 3.05) is 26.7 Å². The molecule has 0 saturated carbocycles. The summed E-state index contributed by atoms with van der Waals surface area (Å²) >= 11 is 3.37. The maximum absolute atomic E-state index is 13.0. The Hall–Kier alpha value is -1.85. The maximum atomic E-state index is 13.0. The van der Waals surface area contributed by atoms with Gasteiger partial charge in [0, 0.05) is 24.1 Å². The van der Waals surface area contributed by atoms with E-state index in [2.05, 4.69) is 27.9 Å². The Morgan fingerprint density at radius 3 is 2.65 bits per heavy atom. The number of aromatic hydroxyl groups is 1. The van der Waals surface area contributed by atoms with E-state index in [9.17, 15) is 9.90 Å². The normalized spacial score (nSPS) is 18.9. The van der Waals surface area contributed by atoms with E-state index in [1.165, 1.54) is 0 Å². The highest BCUT2D eigenvalue weighted by Gasteiger charge is 2.31. The number of amides is 1. The number of piperazine rings is 1. The fraction of sp³-hybridized carbons (Fsp3) is 0.278. The molecule has 4 nitrogen and oxygen atoms in total. The first-order valence-corrected chi connectivity index (χ1v) is 8.38. The number of likely N-dealkylation sites (N-methyl/N-ethyl adjacent to an activating group) is 1. The molecule has 0 aromatic heterocycles. The van der Waals surface area contributed by atoms with Crippen LogP contribution in [-0.2, 0) is 0 Å². The van der Waals surface area contributed by atoms with E-state index < -0.39 is 0 Å². The second kappa shape index (κ2) is 6.72.